The van der Waals surface area contributed by atoms with Crippen LogP contribution in [0.3, 0.4) is 0 Å². The zero-order valence-corrected chi connectivity index (χ0v) is 9.40. The maximum atomic E-state index is 9.64. The first-order valence-corrected chi connectivity index (χ1v) is 5.59. The summed E-state index contributed by atoms with van der Waals surface area (Å²) in [5.41, 5.74) is 1.03. The highest BCUT2D eigenvalue weighted by atomic mass is 32.1. The quantitative estimate of drug-likeness (QED) is 0.771. The molecule has 0 bridgehead atoms. The molecule has 0 saturated heterocycles. The molecule has 1 heterocycles. The van der Waals surface area contributed by atoms with E-state index in [2.05, 4.69) is 16.8 Å². The number of thiazole rings is 1. The molecule has 14 heavy (non-hydrogen) atoms. The normalized spacial score (nSPS) is 11.9. The van der Waals surface area contributed by atoms with E-state index in [0.717, 1.165) is 23.5 Å². The molecule has 1 rings (SSSR count). The molecule has 0 aromatic carbocycles. The molecule has 0 aliphatic rings. The van der Waals surface area contributed by atoms with Crippen molar-refractivity contribution in [2.24, 2.45) is 0 Å². The number of aromatic nitrogens is 1. The molecule has 1 atom stereocenters. The van der Waals surface area contributed by atoms with Crippen molar-refractivity contribution < 1.29 is 5.11 Å². The van der Waals surface area contributed by atoms with Crippen LogP contribution in [0.15, 0.2) is 5.38 Å². The number of nitrogens with zero attached hydrogens (tertiary/aromatic N) is 1. The Bertz CT molecular complexity index is 335. The Hall–Kier alpha value is -0.850. The van der Waals surface area contributed by atoms with Gasteiger partial charge in [0.1, 0.15) is 0 Å². The van der Waals surface area contributed by atoms with Crippen molar-refractivity contribution in [2.45, 2.75) is 39.2 Å². The van der Waals surface area contributed by atoms with Crippen LogP contribution in [-0.2, 0) is 6.42 Å². The lowest BCUT2D eigenvalue weighted by Gasteiger charge is -2.05. The number of rotatable bonds is 4. The van der Waals surface area contributed by atoms with Crippen LogP contribution in [0.25, 0.3) is 0 Å². The number of hydrogen-bond acceptors (Lipinski definition) is 3. The lowest BCUT2D eigenvalue weighted by atomic mass is 10.1. The molecular formula is C11H15NOS. The van der Waals surface area contributed by atoms with E-state index in [4.69, 9.17) is 0 Å². The highest BCUT2D eigenvalue weighted by Gasteiger charge is 2.07. The van der Waals surface area contributed by atoms with Gasteiger partial charge >= 0.3 is 0 Å². The second-order valence-electron chi connectivity index (χ2n) is 3.21. The number of aliphatic hydroxyl groups is 1. The van der Waals surface area contributed by atoms with Gasteiger partial charge in [0.05, 0.1) is 11.1 Å². The van der Waals surface area contributed by atoms with Gasteiger partial charge in [-0.25, -0.2) is 4.98 Å². The maximum Gasteiger partial charge on any atom is 0.0953 e. The highest BCUT2D eigenvalue weighted by Crippen LogP contribution is 2.12. The van der Waals surface area contributed by atoms with Gasteiger partial charge in [0.25, 0.3) is 0 Å². The van der Waals surface area contributed by atoms with E-state index in [9.17, 15) is 5.11 Å². The third kappa shape index (κ3) is 3.91. The Balaban J connectivity index is 2.32. The molecular weight excluding hydrogens is 194 g/mol. The van der Waals surface area contributed by atoms with E-state index in [1.54, 1.807) is 11.3 Å². The summed E-state index contributed by atoms with van der Waals surface area (Å²) in [5.74, 6) is 5.76. The van der Waals surface area contributed by atoms with Crippen molar-refractivity contribution in [1.82, 2.24) is 4.98 Å². The fourth-order valence-corrected chi connectivity index (χ4v) is 2.01. The summed E-state index contributed by atoms with van der Waals surface area (Å²) in [6, 6.07) is 0. The fourth-order valence-electron chi connectivity index (χ4n) is 1.16. The first-order valence-electron chi connectivity index (χ1n) is 4.71. The van der Waals surface area contributed by atoms with Gasteiger partial charge in [0, 0.05) is 23.9 Å². The monoisotopic (exact) mass is 209 g/mol. The molecule has 0 amide bonds. The average Bonchev–Trinajstić information content (AvgIpc) is 2.52. The Kier molecular flexibility index (Phi) is 4.64. The third-order valence-corrected chi connectivity index (χ3v) is 2.85. The summed E-state index contributed by atoms with van der Waals surface area (Å²) < 4.78 is 0. The van der Waals surface area contributed by atoms with E-state index in [1.165, 1.54) is 0 Å². The van der Waals surface area contributed by atoms with Crippen molar-refractivity contribution in [3.63, 3.8) is 0 Å². The van der Waals surface area contributed by atoms with Crippen molar-refractivity contribution in [3.05, 3.63) is 16.1 Å². The molecule has 1 aromatic rings. The van der Waals surface area contributed by atoms with Crippen LogP contribution in [0.2, 0.25) is 0 Å². The SMILES string of the molecule is CC#CCCC(O)Cc1nc(C)cs1. The second kappa shape index (κ2) is 5.79. The van der Waals surface area contributed by atoms with Crippen molar-refractivity contribution in [3.8, 4) is 11.8 Å². The lowest BCUT2D eigenvalue weighted by molar-refractivity contribution is 0.166. The van der Waals surface area contributed by atoms with Crippen LogP contribution in [0, 0.1) is 18.8 Å². The number of hydrogen-bond donors (Lipinski definition) is 1. The van der Waals surface area contributed by atoms with E-state index in [1.807, 2.05) is 19.2 Å². The molecule has 0 aliphatic heterocycles. The molecule has 1 N–H and O–H groups in total. The zero-order valence-electron chi connectivity index (χ0n) is 8.58. The lowest BCUT2D eigenvalue weighted by Crippen LogP contribution is -2.09. The fraction of sp³-hybridized carbons (Fsp3) is 0.545. The van der Waals surface area contributed by atoms with Crippen molar-refractivity contribution in [1.29, 1.82) is 0 Å². The maximum absolute atomic E-state index is 9.64. The van der Waals surface area contributed by atoms with Gasteiger partial charge in [-0.1, -0.05) is 0 Å². The molecule has 0 spiro atoms. The van der Waals surface area contributed by atoms with Gasteiger partial charge < -0.3 is 5.11 Å². The molecule has 1 unspecified atom stereocenters. The van der Waals surface area contributed by atoms with E-state index in [0.29, 0.717) is 6.42 Å². The predicted molar refractivity (Wildman–Crippen MR) is 59.2 cm³/mol. The first kappa shape index (κ1) is 11.2. The Labute approximate surface area is 89.0 Å². The van der Waals surface area contributed by atoms with Crippen molar-refractivity contribution in [2.75, 3.05) is 0 Å². The Morgan fingerprint density at radius 3 is 3.00 bits per heavy atom. The van der Waals surface area contributed by atoms with Gasteiger partial charge in [-0.3, -0.25) is 0 Å². The molecule has 3 heteroatoms. The summed E-state index contributed by atoms with van der Waals surface area (Å²) in [6.45, 7) is 3.78. The van der Waals surface area contributed by atoms with Crippen LogP contribution >= 0.6 is 11.3 Å². The highest BCUT2D eigenvalue weighted by molar-refractivity contribution is 7.09. The van der Waals surface area contributed by atoms with Crippen LogP contribution < -0.4 is 0 Å². The minimum atomic E-state index is -0.304. The molecule has 1 aromatic heterocycles. The molecule has 76 valence electrons. The molecule has 2 nitrogen and oxygen atoms in total. The zero-order chi connectivity index (χ0) is 10.4. The Morgan fingerprint density at radius 2 is 2.43 bits per heavy atom. The number of aryl methyl sites for hydroxylation is 1. The predicted octanol–water partition coefficient (Wildman–Crippen LogP) is 2.16. The summed E-state index contributed by atoms with van der Waals surface area (Å²) >= 11 is 1.61. The van der Waals surface area contributed by atoms with Gasteiger partial charge in [0.15, 0.2) is 0 Å². The average molecular weight is 209 g/mol. The van der Waals surface area contributed by atoms with Crippen LogP contribution in [0.1, 0.15) is 30.5 Å². The van der Waals surface area contributed by atoms with Gasteiger partial charge in [-0.05, 0) is 20.3 Å². The minimum Gasteiger partial charge on any atom is -0.393 e. The first-order chi connectivity index (χ1) is 6.72. The smallest absolute Gasteiger partial charge is 0.0953 e. The largest absolute Gasteiger partial charge is 0.393 e. The van der Waals surface area contributed by atoms with E-state index >= 15 is 0 Å². The van der Waals surface area contributed by atoms with Gasteiger partial charge in [0.2, 0.25) is 0 Å². The van der Waals surface area contributed by atoms with Crippen LogP contribution in [0.5, 0.6) is 0 Å². The van der Waals surface area contributed by atoms with Crippen molar-refractivity contribution >= 4 is 11.3 Å². The Morgan fingerprint density at radius 1 is 1.64 bits per heavy atom. The van der Waals surface area contributed by atoms with E-state index < -0.39 is 0 Å². The molecule has 0 aliphatic carbocycles. The van der Waals surface area contributed by atoms with Crippen LogP contribution in [0.4, 0.5) is 0 Å². The summed E-state index contributed by atoms with van der Waals surface area (Å²) in [4.78, 5) is 4.30. The number of aliphatic hydroxyl groups excluding tert-OH is 1. The van der Waals surface area contributed by atoms with E-state index in [-0.39, 0.29) is 6.10 Å². The molecule has 0 fully saturated rings. The van der Waals surface area contributed by atoms with Gasteiger partial charge in [-0.15, -0.1) is 23.2 Å². The third-order valence-electron chi connectivity index (χ3n) is 1.86. The summed E-state index contributed by atoms with van der Waals surface area (Å²) in [6.07, 6.45) is 1.85. The molecule has 0 saturated carbocycles. The topological polar surface area (TPSA) is 33.1 Å². The van der Waals surface area contributed by atoms with Gasteiger partial charge in [-0.2, -0.15) is 0 Å². The summed E-state index contributed by atoms with van der Waals surface area (Å²) in [7, 11) is 0. The second-order valence-corrected chi connectivity index (χ2v) is 4.15. The molecule has 0 radical (unpaired) electrons. The van der Waals surface area contributed by atoms with Crippen LogP contribution in [-0.4, -0.2) is 16.2 Å². The summed E-state index contributed by atoms with van der Waals surface area (Å²) in [5, 5.41) is 12.7. The minimum absolute atomic E-state index is 0.304. The standard InChI is InChI=1S/C11H15NOS/c1-3-4-5-6-10(13)7-11-12-9(2)8-14-11/h8,10,13H,5-7H2,1-2H3.